The van der Waals surface area contributed by atoms with E-state index in [-0.39, 0.29) is 0 Å². The third-order valence-electron chi connectivity index (χ3n) is 3.55. The number of ether oxygens (including phenoxy) is 3. The maximum Gasteiger partial charge on any atom is 0.331 e. The molecular formula is C19H32O5. The highest BCUT2D eigenvalue weighted by molar-refractivity contribution is 5.91. The molecule has 0 fully saturated rings. The molecule has 0 aliphatic carbocycles. The summed E-state index contributed by atoms with van der Waals surface area (Å²) in [6.45, 7) is 8.34. The third-order valence-corrected chi connectivity index (χ3v) is 3.55. The highest BCUT2D eigenvalue weighted by Crippen LogP contribution is 2.15. The number of methoxy groups -OCH3 is 1. The Balaban J connectivity index is 4.20. The SMILES string of the molecule is C=C(OC)C(CCCCC)OC(=O)/C=C\C(=O)OCCCCCC. The van der Waals surface area contributed by atoms with Crippen LogP contribution in [-0.2, 0) is 23.8 Å². The summed E-state index contributed by atoms with van der Waals surface area (Å²) in [7, 11) is 1.49. The number of unbranched alkanes of at least 4 members (excludes halogenated alkanes) is 5. The Labute approximate surface area is 146 Å². The summed E-state index contributed by atoms with van der Waals surface area (Å²) in [5, 5.41) is 0. The van der Waals surface area contributed by atoms with Crippen LogP contribution in [0.3, 0.4) is 0 Å². The quantitative estimate of drug-likeness (QED) is 0.204. The van der Waals surface area contributed by atoms with Gasteiger partial charge >= 0.3 is 11.9 Å². The van der Waals surface area contributed by atoms with E-state index >= 15 is 0 Å². The van der Waals surface area contributed by atoms with Gasteiger partial charge in [0.2, 0.25) is 0 Å². The first-order valence-electron chi connectivity index (χ1n) is 8.83. The molecule has 1 unspecified atom stereocenters. The van der Waals surface area contributed by atoms with Gasteiger partial charge < -0.3 is 14.2 Å². The van der Waals surface area contributed by atoms with Gasteiger partial charge in [0.1, 0.15) is 5.76 Å². The van der Waals surface area contributed by atoms with Crippen molar-refractivity contribution in [3.05, 3.63) is 24.5 Å². The van der Waals surface area contributed by atoms with Crippen LogP contribution in [0, 0.1) is 0 Å². The molecule has 0 saturated carbocycles. The first kappa shape index (κ1) is 22.2. The lowest BCUT2D eigenvalue weighted by molar-refractivity contribution is -0.144. The second-order valence-electron chi connectivity index (χ2n) is 5.65. The topological polar surface area (TPSA) is 61.8 Å². The Kier molecular flexibility index (Phi) is 13.7. The van der Waals surface area contributed by atoms with Crippen molar-refractivity contribution < 1.29 is 23.8 Å². The van der Waals surface area contributed by atoms with Gasteiger partial charge in [-0.25, -0.2) is 9.59 Å². The summed E-state index contributed by atoms with van der Waals surface area (Å²) in [6.07, 6.45) is 9.51. The molecule has 138 valence electrons. The van der Waals surface area contributed by atoms with Crippen LogP contribution in [0.5, 0.6) is 0 Å². The Morgan fingerprint density at radius 3 is 2.21 bits per heavy atom. The molecule has 0 spiro atoms. The van der Waals surface area contributed by atoms with E-state index in [1.54, 1.807) is 0 Å². The van der Waals surface area contributed by atoms with Gasteiger partial charge in [-0.1, -0.05) is 52.5 Å². The number of carbonyl (C=O) groups is 2. The van der Waals surface area contributed by atoms with Gasteiger partial charge in [0, 0.05) is 12.2 Å². The molecule has 0 bridgehead atoms. The molecule has 0 amide bonds. The number of hydrogen-bond donors (Lipinski definition) is 0. The van der Waals surface area contributed by atoms with Gasteiger partial charge in [-0.15, -0.1) is 0 Å². The minimum Gasteiger partial charge on any atom is -0.498 e. The van der Waals surface area contributed by atoms with Crippen LogP contribution >= 0.6 is 0 Å². The van der Waals surface area contributed by atoms with E-state index in [0.29, 0.717) is 18.8 Å². The summed E-state index contributed by atoms with van der Waals surface area (Å²) in [5.74, 6) is -0.722. The maximum atomic E-state index is 11.8. The van der Waals surface area contributed by atoms with Crippen LogP contribution in [0.25, 0.3) is 0 Å². The minimum absolute atomic E-state index is 0.373. The molecule has 0 radical (unpaired) electrons. The Hall–Kier alpha value is -1.78. The lowest BCUT2D eigenvalue weighted by Crippen LogP contribution is -2.20. The van der Waals surface area contributed by atoms with Crippen molar-refractivity contribution >= 4 is 11.9 Å². The predicted octanol–water partition coefficient (Wildman–Crippen LogP) is 4.32. The fraction of sp³-hybridized carbons (Fsp3) is 0.684. The van der Waals surface area contributed by atoms with Crippen molar-refractivity contribution in [2.24, 2.45) is 0 Å². The largest absolute Gasteiger partial charge is 0.498 e. The molecule has 0 aromatic heterocycles. The van der Waals surface area contributed by atoms with Gasteiger partial charge in [-0.05, 0) is 19.3 Å². The summed E-state index contributed by atoms with van der Waals surface area (Å²) < 4.78 is 15.4. The molecule has 0 aromatic rings. The number of esters is 2. The molecule has 0 aliphatic heterocycles. The van der Waals surface area contributed by atoms with Crippen LogP contribution in [0.2, 0.25) is 0 Å². The van der Waals surface area contributed by atoms with Crippen molar-refractivity contribution in [2.45, 2.75) is 71.3 Å². The maximum absolute atomic E-state index is 11.8. The zero-order valence-corrected chi connectivity index (χ0v) is 15.3. The van der Waals surface area contributed by atoms with Crippen molar-refractivity contribution in [3.8, 4) is 0 Å². The van der Waals surface area contributed by atoms with Crippen molar-refractivity contribution in [2.75, 3.05) is 13.7 Å². The Bertz CT molecular complexity index is 401. The normalized spacial score (nSPS) is 12.0. The molecule has 0 heterocycles. The Morgan fingerprint density at radius 1 is 0.958 bits per heavy atom. The zero-order valence-electron chi connectivity index (χ0n) is 15.3. The average Bonchev–Trinajstić information content (AvgIpc) is 2.58. The Morgan fingerprint density at radius 2 is 1.58 bits per heavy atom. The van der Waals surface area contributed by atoms with Crippen molar-refractivity contribution in [1.29, 1.82) is 0 Å². The molecule has 5 nitrogen and oxygen atoms in total. The molecule has 24 heavy (non-hydrogen) atoms. The van der Waals surface area contributed by atoms with E-state index in [4.69, 9.17) is 14.2 Å². The van der Waals surface area contributed by atoms with Crippen LogP contribution in [0.1, 0.15) is 65.2 Å². The average molecular weight is 340 g/mol. The minimum atomic E-state index is -0.599. The van der Waals surface area contributed by atoms with Crippen LogP contribution in [0.4, 0.5) is 0 Å². The molecule has 0 rings (SSSR count). The standard InChI is InChI=1S/C19H32O5/c1-5-7-9-11-15-23-18(20)13-14-19(21)24-17(16(3)22-4)12-10-8-6-2/h13-14,17H,3,5-12,15H2,1-2,4H3/b14-13-. The first-order chi connectivity index (χ1) is 11.5. The van der Waals surface area contributed by atoms with Gasteiger partial charge in [-0.3, -0.25) is 0 Å². The second kappa shape index (κ2) is 14.8. The number of rotatable bonds is 14. The van der Waals surface area contributed by atoms with E-state index in [0.717, 1.165) is 57.1 Å². The first-order valence-corrected chi connectivity index (χ1v) is 8.83. The van der Waals surface area contributed by atoms with Gasteiger partial charge in [0.25, 0.3) is 0 Å². The lowest BCUT2D eigenvalue weighted by atomic mass is 10.1. The summed E-state index contributed by atoms with van der Waals surface area (Å²) in [5.41, 5.74) is 0. The third kappa shape index (κ3) is 11.7. The van der Waals surface area contributed by atoms with E-state index in [2.05, 4.69) is 20.4 Å². The fourth-order valence-corrected chi connectivity index (χ4v) is 2.06. The zero-order chi connectivity index (χ0) is 18.2. The van der Waals surface area contributed by atoms with Crippen LogP contribution in [-0.4, -0.2) is 31.8 Å². The van der Waals surface area contributed by atoms with Crippen molar-refractivity contribution in [1.82, 2.24) is 0 Å². The molecule has 5 heteroatoms. The summed E-state index contributed by atoms with van der Waals surface area (Å²) >= 11 is 0. The number of hydrogen-bond acceptors (Lipinski definition) is 5. The molecule has 0 aliphatic rings. The van der Waals surface area contributed by atoms with E-state index < -0.39 is 18.0 Å². The molecule has 0 saturated heterocycles. The highest BCUT2D eigenvalue weighted by atomic mass is 16.6. The summed E-state index contributed by atoms with van der Waals surface area (Å²) in [6, 6.07) is 0. The van der Waals surface area contributed by atoms with Crippen LogP contribution < -0.4 is 0 Å². The second-order valence-corrected chi connectivity index (χ2v) is 5.65. The fourth-order valence-electron chi connectivity index (χ4n) is 2.06. The monoisotopic (exact) mass is 340 g/mol. The predicted molar refractivity (Wildman–Crippen MR) is 94.4 cm³/mol. The van der Waals surface area contributed by atoms with Gasteiger partial charge in [0.15, 0.2) is 6.10 Å². The van der Waals surface area contributed by atoms with E-state index in [9.17, 15) is 9.59 Å². The molecule has 1 atom stereocenters. The van der Waals surface area contributed by atoms with Crippen LogP contribution in [0.15, 0.2) is 24.5 Å². The van der Waals surface area contributed by atoms with Crippen molar-refractivity contribution in [3.63, 3.8) is 0 Å². The van der Waals surface area contributed by atoms with E-state index in [1.165, 1.54) is 7.11 Å². The van der Waals surface area contributed by atoms with Gasteiger partial charge in [0.05, 0.1) is 13.7 Å². The van der Waals surface area contributed by atoms with Gasteiger partial charge in [-0.2, -0.15) is 0 Å². The van der Waals surface area contributed by atoms with E-state index in [1.807, 2.05) is 0 Å². The smallest absolute Gasteiger partial charge is 0.331 e. The molecular weight excluding hydrogens is 308 g/mol. The molecule has 0 N–H and O–H groups in total. The number of carbonyl (C=O) groups excluding carboxylic acids is 2. The lowest BCUT2D eigenvalue weighted by Gasteiger charge is -2.18. The summed E-state index contributed by atoms with van der Waals surface area (Å²) in [4.78, 5) is 23.3. The highest BCUT2D eigenvalue weighted by Gasteiger charge is 2.17. The molecule has 0 aromatic carbocycles.